The molecule has 0 fully saturated rings. The fourth-order valence-corrected chi connectivity index (χ4v) is 6.54. The van der Waals surface area contributed by atoms with Gasteiger partial charge in [0, 0.05) is 65.0 Å². The van der Waals surface area contributed by atoms with E-state index in [-0.39, 0.29) is 11.9 Å². The molecule has 0 bridgehead atoms. The van der Waals surface area contributed by atoms with Gasteiger partial charge in [0.25, 0.3) is 5.91 Å². The van der Waals surface area contributed by atoms with E-state index < -0.39 is 0 Å². The highest BCUT2D eigenvalue weighted by atomic mass is 16.5. The third-order valence-corrected chi connectivity index (χ3v) is 8.09. The maximum Gasteiger partial charge on any atom is 0.252 e. The Hall–Kier alpha value is -4.46. The summed E-state index contributed by atoms with van der Waals surface area (Å²) in [5, 5.41) is 13.7. The van der Waals surface area contributed by atoms with Crippen LogP contribution in [0.25, 0.3) is 32.9 Å². The highest BCUT2D eigenvalue weighted by Gasteiger charge is 2.35. The van der Waals surface area contributed by atoms with E-state index in [4.69, 9.17) is 14.6 Å². The van der Waals surface area contributed by atoms with Gasteiger partial charge in [-0.1, -0.05) is 0 Å². The lowest BCUT2D eigenvalue weighted by molar-refractivity contribution is 0.0966. The first-order valence-electron chi connectivity index (χ1n) is 13.3. The second kappa shape index (κ2) is 8.53. The van der Waals surface area contributed by atoms with Crippen molar-refractivity contribution in [3.8, 4) is 22.6 Å². The Labute approximate surface area is 226 Å². The minimum atomic E-state index is 0.000645. The first-order chi connectivity index (χ1) is 18.9. The van der Waals surface area contributed by atoms with E-state index in [1.807, 2.05) is 29.9 Å². The summed E-state index contributed by atoms with van der Waals surface area (Å²) < 4.78 is 15.4. The van der Waals surface area contributed by atoms with Gasteiger partial charge in [0.2, 0.25) is 0 Å². The maximum absolute atomic E-state index is 13.3. The number of fused-ring (bicyclic) bond motifs is 10. The van der Waals surface area contributed by atoms with Crippen molar-refractivity contribution in [1.82, 2.24) is 19.7 Å². The van der Waals surface area contributed by atoms with Crippen molar-refractivity contribution in [1.29, 1.82) is 0 Å². The molecule has 3 heterocycles. The molecule has 1 aliphatic heterocycles. The summed E-state index contributed by atoms with van der Waals surface area (Å²) in [7, 11) is 5.27. The van der Waals surface area contributed by atoms with Crippen molar-refractivity contribution < 1.29 is 14.3 Å². The molecule has 0 atom stereocenters. The molecule has 0 radical (unpaired) electrons. The van der Waals surface area contributed by atoms with Crippen LogP contribution in [0.3, 0.4) is 0 Å². The Morgan fingerprint density at radius 2 is 1.87 bits per heavy atom. The number of carbonyl (C=O) groups is 1. The van der Waals surface area contributed by atoms with Crippen molar-refractivity contribution in [2.45, 2.75) is 39.3 Å². The predicted octanol–water partition coefficient (Wildman–Crippen LogP) is 5.88. The molecule has 39 heavy (non-hydrogen) atoms. The minimum absolute atomic E-state index is 0.000645. The number of benzene rings is 3. The molecular weight excluding hydrogens is 490 g/mol. The number of nitrogens with one attached hydrogen (secondary N) is 2. The maximum atomic E-state index is 13.3. The molecule has 2 aromatic heterocycles. The van der Waals surface area contributed by atoms with E-state index in [0.29, 0.717) is 6.54 Å². The minimum Gasteiger partial charge on any atom is -0.497 e. The highest BCUT2D eigenvalue weighted by molar-refractivity contribution is 6.20. The van der Waals surface area contributed by atoms with Crippen molar-refractivity contribution in [2.75, 3.05) is 19.5 Å². The lowest BCUT2D eigenvalue weighted by Crippen LogP contribution is -2.15. The molecule has 198 valence electrons. The SMILES string of the molecule is COc1ccc(OC)c(Nc2ccc3c(c2)c2c4c(c5c(c2n3C(C)C)CCc2nn(C)cc2-5)C(=O)NC4)c1. The molecule has 7 rings (SSSR count). The number of aryl methyl sites for hydroxylation is 3. The average molecular weight is 522 g/mol. The molecule has 0 unspecified atom stereocenters. The van der Waals surface area contributed by atoms with E-state index in [2.05, 4.69) is 53.4 Å². The number of methoxy groups -OCH3 is 2. The van der Waals surface area contributed by atoms with Gasteiger partial charge < -0.3 is 24.7 Å². The molecular formula is C31H31N5O3. The van der Waals surface area contributed by atoms with Gasteiger partial charge in [0.1, 0.15) is 11.5 Å². The molecule has 5 aromatic rings. The molecule has 2 N–H and O–H groups in total. The van der Waals surface area contributed by atoms with Crippen LogP contribution < -0.4 is 20.1 Å². The first-order valence-corrected chi connectivity index (χ1v) is 13.3. The lowest BCUT2D eigenvalue weighted by atomic mass is 9.82. The van der Waals surface area contributed by atoms with E-state index >= 15 is 0 Å². The van der Waals surface area contributed by atoms with Gasteiger partial charge in [-0.15, -0.1) is 0 Å². The van der Waals surface area contributed by atoms with Gasteiger partial charge in [-0.25, -0.2) is 0 Å². The normalized spacial score (nSPS) is 13.9. The van der Waals surface area contributed by atoms with Gasteiger partial charge in [-0.05, 0) is 68.1 Å². The molecule has 1 aliphatic carbocycles. The molecule has 8 heteroatoms. The first kappa shape index (κ1) is 23.6. The van der Waals surface area contributed by atoms with Gasteiger partial charge in [0.05, 0.1) is 36.7 Å². The molecule has 2 aliphatic rings. The van der Waals surface area contributed by atoms with E-state index in [0.717, 1.165) is 74.6 Å². The third-order valence-electron chi connectivity index (χ3n) is 8.09. The van der Waals surface area contributed by atoms with E-state index in [1.165, 1.54) is 16.5 Å². The highest BCUT2D eigenvalue weighted by Crippen LogP contribution is 2.48. The van der Waals surface area contributed by atoms with E-state index in [1.54, 1.807) is 14.2 Å². The van der Waals surface area contributed by atoms with Crippen LogP contribution in [0.4, 0.5) is 11.4 Å². The third kappa shape index (κ3) is 3.37. The van der Waals surface area contributed by atoms with E-state index in [9.17, 15) is 4.79 Å². The molecule has 0 saturated heterocycles. The largest absolute Gasteiger partial charge is 0.497 e. The lowest BCUT2D eigenvalue weighted by Gasteiger charge is -2.22. The number of aromatic nitrogens is 3. The Balaban J connectivity index is 1.52. The molecule has 8 nitrogen and oxygen atoms in total. The predicted molar refractivity (Wildman–Crippen MR) is 153 cm³/mol. The van der Waals surface area contributed by atoms with Gasteiger partial charge in [-0.2, -0.15) is 5.10 Å². The number of anilines is 2. The zero-order valence-electron chi connectivity index (χ0n) is 22.8. The summed E-state index contributed by atoms with van der Waals surface area (Å²) in [5.74, 6) is 1.48. The van der Waals surface area contributed by atoms with Crippen LogP contribution in [0, 0.1) is 0 Å². The fourth-order valence-electron chi connectivity index (χ4n) is 6.54. The van der Waals surface area contributed by atoms with Crippen LogP contribution in [0.15, 0.2) is 42.6 Å². The van der Waals surface area contributed by atoms with Gasteiger partial charge >= 0.3 is 0 Å². The Morgan fingerprint density at radius 1 is 1.03 bits per heavy atom. The summed E-state index contributed by atoms with van der Waals surface area (Å²) in [6.45, 7) is 4.98. The number of nitrogens with zero attached hydrogens (tertiary/aromatic N) is 3. The second-order valence-corrected chi connectivity index (χ2v) is 10.7. The number of hydrogen-bond donors (Lipinski definition) is 2. The van der Waals surface area contributed by atoms with Crippen LogP contribution in [0.5, 0.6) is 11.5 Å². The van der Waals surface area contributed by atoms with Crippen LogP contribution in [-0.2, 0) is 26.4 Å². The Kier molecular flexibility index (Phi) is 5.17. The molecule has 0 saturated carbocycles. The van der Waals surface area contributed by atoms with Crippen LogP contribution >= 0.6 is 0 Å². The smallest absolute Gasteiger partial charge is 0.252 e. The quantitative estimate of drug-likeness (QED) is 0.302. The van der Waals surface area contributed by atoms with Gasteiger partial charge in [-0.3, -0.25) is 9.48 Å². The van der Waals surface area contributed by atoms with Crippen LogP contribution in [0.2, 0.25) is 0 Å². The number of rotatable bonds is 5. The average Bonchev–Trinajstić information content (AvgIpc) is 3.60. The Bertz CT molecular complexity index is 1830. The molecule has 1 amide bonds. The van der Waals surface area contributed by atoms with Crippen LogP contribution in [0.1, 0.15) is 47.1 Å². The summed E-state index contributed by atoms with van der Waals surface area (Å²) in [6, 6.07) is 12.4. The summed E-state index contributed by atoms with van der Waals surface area (Å²) >= 11 is 0. The summed E-state index contributed by atoms with van der Waals surface area (Å²) in [5.41, 5.74) is 10.5. The van der Waals surface area contributed by atoms with Crippen molar-refractivity contribution in [3.63, 3.8) is 0 Å². The Morgan fingerprint density at radius 3 is 2.64 bits per heavy atom. The van der Waals surface area contributed by atoms with Crippen molar-refractivity contribution >= 4 is 39.1 Å². The topological polar surface area (TPSA) is 82.3 Å². The van der Waals surface area contributed by atoms with Crippen molar-refractivity contribution in [3.05, 3.63) is 65.0 Å². The monoisotopic (exact) mass is 521 g/mol. The fraction of sp³-hybridized carbons (Fsp3) is 0.290. The molecule has 0 spiro atoms. The van der Waals surface area contributed by atoms with Crippen LogP contribution in [-0.4, -0.2) is 34.5 Å². The second-order valence-electron chi connectivity index (χ2n) is 10.7. The molecule has 3 aromatic carbocycles. The summed E-state index contributed by atoms with van der Waals surface area (Å²) in [4.78, 5) is 13.3. The standard InChI is InChI=1S/C31H31N5O3/c1-16(2)36-25-10-6-17(33-24-13-18(38-4)7-11-26(24)39-5)12-20(25)28-21-14-32-31(37)29(21)27-19(30(28)36)8-9-23-22(27)15-35(3)34-23/h6-7,10-13,15-16,33H,8-9,14H2,1-5H3,(H,32,37). The zero-order chi connectivity index (χ0) is 27.0. The summed E-state index contributed by atoms with van der Waals surface area (Å²) in [6.07, 6.45) is 3.78. The number of ether oxygens (including phenoxy) is 2. The zero-order valence-corrected chi connectivity index (χ0v) is 22.8. The van der Waals surface area contributed by atoms with Crippen molar-refractivity contribution in [2.24, 2.45) is 7.05 Å². The number of carbonyl (C=O) groups excluding carboxylic acids is 1. The van der Waals surface area contributed by atoms with Gasteiger partial charge in [0.15, 0.2) is 0 Å². The number of hydrogen-bond acceptors (Lipinski definition) is 5. The number of amides is 1.